The van der Waals surface area contributed by atoms with E-state index in [0.29, 0.717) is 0 Å². The van der Waals surface area contributed by atoms with Gasteiger partial charge in [-0.1, -0.05) is 39.8 Å². The molecule has 0 spiro atoms. The lowest BCUT2D eigenvalue weighted by Gasteiger charge is -2.34. The molecule has 0 aliphatic rings. The third-order valence-electron chi connectivity index (χ3n) is 3.77. The van der Waals surface area contributed by atoms with Crippen LogP contribution in [0.25, 0.3) is 0 Å². The number of aliphatic hydroxyl groups is 1. The minimum atomic E-state index is 0.126. The molecule has 3 nitrogen and oxygen atoms in total. The van der Waals surface area contributed by atoms with E-state index in [1.54, 1.807) is 0 Å². The van der Waals surface area contributed by atoms with E-state index in [-0.39, 0.29) is 24.1 Å². The zero-order valence-electron chi connectivity index (χ0n) is 14.1. The normalized spacial score (nSPS) is 14.8. The van der Waals surface area contributed by atoms with Gasteiger partial charge in [0.05, 0.1) is 6.61 Å². The number of hydrogen-bond donors (Lipinski definition) is 2. The molecule has 21 heavy (non-hydrogen) atoms. The first-order chi connectivity index (χ1) is 9.88. The van der Waals surface area contributed by atoms with Crippen LogP contribution >= 0.6 is 0 Å². The Bertz CT molecular complexity index is 395. The van der Waals surface area contributed by atoms with E-state index in [2.05, 4.69) is 52.1 Å². The zero-order chi connectivity index (χ0) is 15.9. The Labute approximate surface area is 129 Å². The molecule has 1 aromatic rings. The van der Waals surface area contributed by atoms with Crippen LogP contribution in [0.2, 0.25) is 0 Å². The summed E-state index contributed by atoms with van der Waals surface area (Å²) in [5, 5.41) is 12.9. The molecule has 1 rings (SSSR count). The first-order valence-electron chi connectivity index (χ1n) is 7.98. The summed E-state index contributed by atoms with van der Waals surface area (Å²) < 4.78 is 5.61. The molecule has 2 atom stereocenters. The molecule has 0 saturated carbocycles. The van der Waals surface area contributed by atoms with Gasteiger partial charge in [-0.05, 0) is 42.9 Å². The maximum Gasteiger partial charge on any atom is 0.119 e. The third kappa shape index (κ3) is 6.06. The Balaban J connectivity index is 2.67. The summed E-state index contributed by atoms with van der Waals surface area (Å²) in [5.41, 5.74) is 1.37. The van der Waals surface area contributed by atoms with Gasteiger partial charge >= 0.3 is 0 Å². The first-order valence-corrected chi connectivity index (χ1v) is 7.98. The summed E-state index contributed by atoms with van der Waals surface area (Å²) in [6.07, 6.45) is 1.79. The maximum absolute atomic E-state index is 9.25. The van der Waals surface area contributed by atoms with E-state index in [1.807, 2.05) is 12.1 Å². The van der Waals surface area contributed by atoms with E-state index >= 15 is 0 Å². The average molecular weight is 293 g/mol. The molecule has 1 aromatic carbocycles. The van der Waals surface area contributed by atoms with Gasteiger partial charge in [0, 0.05) is 18.7 Å². The van der Waals surface area contributed by atoms with Gasteiger partial charge in [-0.15, -0.1) is 0 Å². The van der Waals surface area contributed by atoms with Crippen molar-refractivity contribution < 1.29 is 9.84 Å². The van der Waals surface area contributed by atoms with Crippen molar-refractivity contribution in [3.8, 4) is 5.75 Å². The highest BCUT2D eigenvalue weighted by atomic mass is 16.5. The summed E-state index contributed by atoms with van der Waals surface area (Å²) >= 11 is 0. The lowest BCUT2D eigenvalue weighted by Crippen LogP contribution is -2.42. The summed E-state index contributed by atoms with van der Waals surface area (Å²) in [6.45, 7) is 11.9. The van der Waals surface area contributed by atoms with Gasteiger partial charge in [0.15, 0.2) is 0 Å². The van der Waals surface area contributed by atoms with Crippen molar-refractivity contribution in [1.29, 1.82) is 0 Å². The number of nitrogens with one attached hydrogen (secondary N) is 1. The fourth-order valence-corrected chi connectivity index (χ4v) is 2.37. The van der Waals surface area contributed by atoms with Crippen molar-refractivity contribution in [2.75, 3.05) is 13.2 Å². The minimum Gasteiger partial charge on any atom is -0.494 e. The van der Waals surface area contributed by atoms with Crippen molar-refractivity contribution in [2.45, 2.75) is 59.5 Å². The summed E-state index contributed by atoms with van der Waals surface area (Å²) in [5.74, 6) is 0.926. The molecule has 0 saturated heterocycles. The molecule has 0 amide bonds. The van der Waals surface area contributed by atoms with Crippen molar-refractivity contribution in [3.63, 3.8) is 0 Å². The average Bonchev–Trinajstić information content (AvgIpc) is 2.44. The molecule has 0 aliphatic carbocycles. The molecule has 0 bridgehead atoms. The largest absolute Gasteiger partial charge is 0.494 e. The SMILES string of the molecule is CCCOc1ccc(C(C)NC(CCO)C(C)(C)C)cc1. The standard InChI is InChI=1S/C18H31NO2/c1-6-13-21-16-9-7-15(8-10-16)14(2)19-17(11-12-20)18(3,4)5/h7-10,14,17,19-20H,6,11-13H2,1-5H3. The lowest BCUT2D eigenvalue weighted by molar-refractivity contribution is 0.188. The summed E-state index contributed by atoms with van der Waals surface area (Å²) in [4.78, 5) is 0. The second kappa shape index (κ2) is 8.40. The van der Waals surface area contributed by atoms with Crippen LogP contribution in [-0.2, 0) is 0 Å². The highest BCUT2D eigenvalue weighted by Crippen LogP contribution is 2.25. The van der Waals surface area contributed by atoms with Gasteiger partial charge in [-0.3, -0.25) is 0 Å². The minimum absolute atomic E-state index is 0.126. The molecule has 0 radical (unpaired) electrons. The van der Waals surface area contributed by atoms with E-state index < -0.39 is 0 Å². The molecule has 0 fully saturated rings. The maximum atomic E-state index is 9.25. The van der Waals surface area contributed by atoms with Gasteiger partial charge in [0.2, 0.25) is 0 Å². The number of ether oxygens (including phenoxy) is 1. The zero-order valence-corrected chi connectivity index (χ0v) is 14.1. The highest BCUT2D eigenvalue weighted by molar-refractivity contribution is 5.29. The molecule has 0 heterocycles. The molecule has 2 N–H and O–H groups in total. The molecular formula is C18H31NO2. The number of rotatable bonds is 8. The van der Waals surface area contributed by atoms with Crippen LogP contribution in [0.4, 0.5) is 0 Å². The van der Waals surface area contributed by atoms with E-state index in [1.165, 1.54) is 5.56 Å². The Morgan fingerprint density at radius 2 is 1.81 bits per heavy atom. The first kappa shape index (κ1) is 18.0. The predicted octanol–water partition coefficient (Wildman–Crippen LogP) is 3.92. The van der Waals surface area contributed by atoms with Gasteiger partial charge in [-0.2, -0.15) is 0 Å². The quantitative estimate of drug-likeness (QED) is 0.763. The topological polar surface area (TPSA) is 41.5 Å². The van der Waals surface area contributed by atoms with Crippen molar-refractivity contribution in [3.05, 3.63) is 29.8 Å². The highest BCUT2D eigenvalue weighted by Gasteiger charge is 2.25. The number of aliphatic hydroxyl groups excluding tert-OH is 1. The van der Waals surface area contributed by atoms with Crippen LogP contribution in [-0.4, -0.2) is 24.4 Å². The second-order valence-electron chi connectivity index (χ2n) is 6.74. The monoisotopic (exact) mass is 293 g/mol. The van der Waals surface area contributed by atoms with Crippen LogP contribution in [0.5, 0.6) is 5.75 Å². The van der Waals surface area contributed by atoms with Crippen molar-refractivity contribution >= 4 is 0 Å². The van der Waals surface area contributed by atoms with Gasteiger partial charge in [0.25, 0.3) is 0 Å². The van der Waals surface area contributed by atoms with Crippen LogP contribution in [0, 0.1) is 5.41 Å². The van der Waals surface area contributed by atoms with Crippen LogP contribution in [0.15, 0.2) is 24.3 Å². The van der Waals surface area contributed by atoms with Crippen LogP contribution in [0.3, 0.4) is 0 Å². The molecule has 0 aromatic heterocycles. The Morgan fingerprint density at radius 3 is 2.29 bits per heavy atom. The fourth-order valence-electron chi connectivity index (χ4n) is 2.37. The van der Waals surface area contributed by atoms with Gasteiger partial charge in [-0.25, -0.2) is 0 Å². The molecular weight excluding hydrogens is 262 g/mol. The van der Waals surface area contributed by atoms with Gasteiger partial charge < -0.3 is 15.2 Å². The van der Waals surface area contributed by atoms with Crippen molar-refractivity contribution in [2.24, 2.45) is 5.41 Å². The number of hydrogen-bond acceptors (Lipinski definition) is 3. The fraction of sp³-hybridized carbons (Fsp3) is 0.667. The predicted molar refractivity (Wildman–Crippen MR) is 88.7 cm³/mol. The summed E-state index contributed by atoms with van der Waals surface area (Å²) in [7, 11) is 0. The van der Waals surface area contributed by atoms with E-state index in [4.69, 9.17) is 4.74 Å². The van der Waals surface area contributed by atoms with Gasteiger partial charge in [0.1, 0.15) is 5.75 Å². The van der Waals surface area contributed by atoms with Crippen LogP contribution < -0.4 is 10.1 Å². The van der Waals surface area contributed by atoms with Crippen molar-refractivity contribution in [1.82, 2.24) is 5.32 Å². The Kier molecular flexibility index (Phi) is 7.20. The molecule has 2 unspecified atom stereocenters. The van der Waals surface area contributed by atoms with Crippen LogP contribution in [0.1, 0.15) is 59.1 Å². The lowest BCUT2D eigenvalue weighted by atomic mass is 9.84. The molecule has 3 heteroatoms. The smallest absolute Gasteiger partial charge is 0.119 e. The second-order valence-corrected chi connectivity index (χ2v) is 6.74. The van der Waals surface area contributed by atoms with E-state index in [0.717, 1.165) is 25.2 Å². The third-order valence-corrected chi connectivity index (χ3v) is 3.77. The Hall–Kier alpha value is -1.06. The summed E-state index contributed by atoms with van der Waals surface area (Å²) in [6, 6.07) is 8.82. The van der Waals surface area contributed by atoms with E-state index in [9.17, 15) is 5.11 Å². The Morgan fingerprint density at radius 1 is 1.19 bits per heavy atom. The molecule has 0 aliphatic heterocycles. The molecule has 120 valence electrons. The number of benzene rings is 1.